The van der Waals surface area contributed by atoms with Crippen LogP contribution >= 0.6 is 0 Å². The van der Waals surface area contributed by atoms with Gasteiger partial charge in [-0.15, -0.1) is 0 Å². The average Bonchev–Trinajstić information content (AvgIpc) is 2.95. The number of carbonyl (C=O) groups is 1. The molecule has 1 amide bonds. The molecule has 2 saturated heterocycles. The van der Waals surface area contributed by atoms with Crippen molar-refractivity contribution in [3.63, 3.8) is 0 Å². The number of halogens is 3. The zero-order valence-electron chi connectivity index (χ0n) is 21.9. The molecule has 0 radical (unpaired) electrons. The summed E-state index contributed by atoms with van der Waals surface area (Å²) in [7, 11) is 0. The Morgan fingerprint density at radius 3 is 2.45 bits per heavy atom. The number of amides is 1. The number of piperidine rings is 1. The van der Waals surface area contributed by atoms with Crippen LogP contribution < -0.4 is 20.7 Å². The van der Waals surface area contributed by atoms with E-state index >= 15 is 0 Å². The third-order valence-corrected chi connectivity index (χ3v) is 6.90. The third kappa shape index (κ3) is 7.12. The number of benzene rings is 2. The van der Waals surface area contributed by atoms with Gasteiger partial charge < -0.3 is 30.3 Å². The molecule has 3 N–H and O–H groups in total. The lowest BCUT2D eigenvalue weighted by Crippen LogP contribution is -2.43. The molecule has 1 aromatic heterocycles. The minimum Gasteiger partial charge on any atom is -0.488 e. The highest BCUT2D eigenvalue weighted by atomic mass is 19.4. The van der Waals surface area contributed by atoms with Gasteiger partial charge in [0.25, 0.3) is 0 Å². The molecular formula is C28H31F3N6O3. The van der Waals surface area contributed by atoms with Crippen molar-refractivity contribution in [2.75, 3.05) is 55.3 Å². The lowest BCUT2D eigenvalue weighted by Gasteiger charge is -2.32. The SMILES string of the molecule is Nc1cc(-c2ccnc(Nc3ccc(N4CCOCC4)cc3)n2)ccc1OC1CCN(C(=O)CC(F)(F)F)CC1. The molecule has 0 saturated carbocycles. The molecule has 2 aliphatic rings. The van der Waals surface area contributed by atoms with Crippen LogP contribution in [0.1, 0.15) is 19.3 Å². The van der Waals surface area contributed by atoms with Gasteiger partial charge in [0, 0.05) is 62.2 Å². The number of hydrogen-bond acceptors (Lipinski definition) is 8. The number of nitrogens with two attached hydrogens (primary N) is 1. The van der Waals surface area contributed by atoms with E-state index in [2.05, 4.69) is 32.3 Å². The van der Waals surface area contributed by atoms with Crippen molar-refractivity contribution in [3.8, 4) is 17.0 Å². The zero-order chi connectivity index (χ0) is 28.1. The first-order valence-corrected chi connectivity index (χ1v) is 13.2. The lowest BCUT2D eigenvalue weighted by molar-refractivity contribution is -0.162. The van der Waals surface area contributed by atoms with Crippen molar-refractivity contribution in [1.82, 2.24) is 14.9 Å². The van der Waals surface area contributed by atoms with E-state index < -0.39 is 18.5 Å². The molecule has 212 valence electrons. The second kappa shape index (κ2) is 12.0. The average molecular weight is 557 g/mol. The van der Waals surface area contributed by atoms with Crippen molar-refractivity contribution in [2.24, 2.45) is 0 Å². The van der Waals surface area contributed by atoms with Crippen molar-refractivity contribution < 1.29 is 27.4 Å². The molecule has 5 rings (SSSR count). The fourth-order valence-electron chi connectivity index (χ4n) is 4.79. The number of ether oxygens (including phenoxy) is 2. The predicted octanol–water partition coefficient (Wildman–Crippen LogP) is 4.63. The fraction of sp³-hybridized carbons (Fsp3) is 0.393. The van der Waals surface area contributed by atoms with E-state index in [-0.39, 0.29) is 19.2 Å². The molecule has 2 aliphatic heterocycles. The molecule has 9 nitrogen and oxygen atoms in total. The van der Waals surface area contributed by atoms with Crippen LogP contribution in [0.15, 0.2) is 54.7 Å². The van der Waals surface area contributed by atoms with Gasteiger partial charge in [-0.3, -0.25) is 4.79 Å². The van der Waals surface area contributed by atoms with Crippen LogP contribution in [0.4, 0.5) is 36.2 Å². The van der Waals surface area contributed by atoms with E-state index in [1.165, 1.54) is 4.90 Å². The van der Waals surface area contributed by atoms with Gasteiger partial charge >= 0.3 is 6.18 Å². The second-order valence-corrected chi connectivity index (χ2v) is 9.78. The van der Waals surface area contributed by atoms with Crippen molar-refractivity contribution in [1.29, 1.82) is 0 Å². The van der Waals surface area contributed by atoms with Gasteiger partial charge in [0.1, 0.15) is 18.3 Å². The summed E-state index contributed by atoms with van der Waals surface area (Å²) in [6.45, 7) is 3.63. The number of likely N-dealkylation sites (tertiary alicyclic amines) is 1. The molecular weight excluding hydrogens is 525 g/mol. The summed E-state index contributed by atoms with van der Waals surface area (Å²) in [5.74, 6) is 0.0254. The van der Waals surface area contributed by atoms with E-state index in [4.69, 9.17) is 15.2 Å². The van der Waals surface area contributed by atoms with E-state index in [0.717, 1.165) is 43.2 Å². The van der Waals surface area contributed by atoms with Crippen LogP contribution in [0.3, 0.4) is 0 Å². The van der Waals surface area contributed by atoms with Crippen LogP contribution in [0, 0.1) is 0 Å². The summed E-state index contributed by atoms with van der Waals surface area (Å²) in [6, 6.07) is 15.2. The van der Waals surface area contributed by atoms with Gasteiger partial charge in [0.2, 0.25) is 11.9 Å². The largest absolute Gasteiger partial charge is 0.488 e. The molecule has 2 fully saturated rings. The van der Waals surface area contributed by atoms with Gasteiger partial charge in [0.15, 0.2) is 0 Å². The summed E-state index contributed by atoms with van der Waals surface area (Å²) in [4.78, 5) is 24.3. The Bertz CT molecular complexity index is 1310. The van der Waals surface area contributed by atoms with E-state index in [9.17, 15) is 18.0 Å². The Balaban J connectivity index is 1.18. The van der Waals surface area contributed by atoms with Crippen LogP contribution in [0.5, 0.6) is 5.75 Å². The monoisotopic (exact) mass is 556 g/mol. The van der Waals surface area contributed by atoms with E-state index in [1.807, 2.05) is 18.2 Å². The topological polar surface area (TPSA) is 106 Å². The number of hydrogen-bond donors (Lipinski definition) is 2. The van der Waals surface area contributed by atoms with Crippen LogP contribution in [-0.4, -0.2) is 72.4 Å². The van der Waals surface area contributed by atoms with Crippen molar-refractivity contribution >= 4 is 28.9 Å². The molecule has 40 heavy (non-hydrogen) atoms. The Hall–Kier alpha value is -4.06. The summed E-state index contributed by atoms with van der Waals surface area (Å²) < 4.78 is 49.0. The number of alkyl halides is 3. The molecule has 0 bridgehead atoms. The fourth-order valence-corrected chi connectivity index (χ4v) is 4.79. The predicted molar refractivity (Wildman–Crippen MR) is 146 cm³/mol. The molecule has 3 aromatic rings. The smallest absolute Gasteiger partial charge is 0.397 e. The number of nitrogen functional groups attached to an aromatic ring is 1. The normalized spacial score (nSPS) is 16.6. The van der Waals surface area contributed by atoms with Crippen LogP contribution in [-0.2, 0) is 9.53 Å². The number of morpholine rings is 1. The molecule has 3 heterocycles. The van der Waals surface area contributed by atoms with Gasteiger partial charge in [-0.25, -0.2) is 9.97 Å². The quantitative estimate of drug-likeness (QED) is 0.406. The number of carbonyl (C=O) groups excluding carboxylic acids is 1. The Morgan fingerprint density at radius 1 is 1.05 bits per heavy atom. The van der Waals surface area contributed by atoms with E-state index in [1.54, 1.807) is 24.4 Å². The first-order valence-electron chi connectivity index (χ1n) is 13.2. The maximum Gasteiger partial charge on any atom is 0.397 e. The first kappa shape index (κ1) is 27.5. The number of rotatable bonds is 7. The number of aromatic nitrogens is 2. The third-order valence-electron chi connectivity index (χ3n) is 6.90. The molecule has 0 unspecified atom stereocenters. The number of nitrogens with one attached hydrogen (secondary N) is 1. The first-order chi connectivity index (χ1) is 19.2. The Kier molecular flexibility index (Phi) is 8.24. The molecule has 0 spiro atoms. The Morgan fingerprint density at radius 2 is 1.77 bits per heavy atom. The number of nitrogens with zero attached hydrogens (tertiary/aromatic N) is 4. The van der Waals surface area contributed by atoms with Crippen LogP contribution in [0.2, 0.25) is 0 Å². The molecule has 2 aromatic carbocycles. The summed E-state index contributed by atoms with van der Waals surface area (Å²) in [5.41, 5.74) is 10.2. The molecule has 12 heteroatoms. The van der Waals surface area contributed by atoms with Crippen molar-refractivity contribution in [2.45, 2.75) is 31.5 Å². The maximum absolute atomic E-state index is 12.5. The summed E-state index contributed by atoms with van der Waals surface area (Å²) >= 11 is 0. The zero-order valence-corrected chi connectivity index (χ0v) is 21.9. The van der Waals surface area contributed by atoms with Crippen LogP contribution in [0.25, 0.3) is 11.3 Å². The van der Waals surface area contributed by atoms with Gasteiger partial charge in [-0.1, -0.05) is 0 Å². The summed E-state index contributed by atoms with van der Waals surface area (Å²) in [6.07, 6.45) is -3.66. The van der Waals surface area contributed by atoms with Gasteiger partial charge in [-0.05, 0) is 48.5 Å². The highest BCUT2D eigenvalue weighted by molar-refractivity contribution is 5.77. The van der Waals surface area contributed by atoms with Crippen molar-refractivity contribution in [3.05, 3.63) is 54.7 Å². The maximum atomic E-state index is 12.5. The molecule has 0 aliphatic carbocycles. The van der Waals surface area contributed by atoms with Gasteiger partial charge in [0.05, 0.1) is 24.6 Å². The summed E-state index contributed by atoms with van der Waals surface area (Å²) in [5, 5.41) is 3.24. The minimum atomic E-state index is -4.50. The number of anilines is 4. The minimum absolute atomic E-state index is 0.213. The highest BCUT2D eigenvalue weighted by Gasteiger charge is 2.35. The second-order valence-electron chi connectivity index (χ2n) is 9.78. The van der Waals surface area contributed by atoms with E-state index in [0.29, 0.717) is 35.9 Å². The highest BCUT2D eigenvalue weighted by Crippen LogP contribution is 2.31. The standard InChI is InChI=1S/C28H31F3N6O3/c29-28(30,31)18-26(38)37-11-8-22(9-12-37)40-25-6-1-19(17-23(25)32)24-7-10-33-27(35-24)34-20-2-4-21(5-3-20)36-13-15-39-16-14-36/h1-7,10,17,22H,8-9,11-16,18,32H2,(H,33,34,35). The Labute approximate surface area is 230 Å². The van der Waals surface area contributed by atoms with Gasteiger partial charge in [-0.2, -0.15) is 13.2 Å². The lowest BCUT2D eigenvalue weighted by atomic mass is 10.1. The molecule has 0 atom stereocenters.